The van der Waals surface area contributed by atoms with Gasteiger partial charge in [-0.25, -0.2) is 18.2 Å². The summed E-state index contributed by atoms with van der Waals surface area (Å²) in [5, 5.41) is 2.95. The summed E-state index contributed by atoms with van der Waals surface area (Å²) in [5.74, 6) is -1.65. The van der Waals surface area contributed by atoms with Crippen molar-refractivity contribution in [3.05, 3.63) is 52.4 Å². The molecular weight excluding hydrogens is 371 g/mol. The summed E-state index contributed by atoms with van der Waals surface area (Å²) < 4.78 is 44.8. The zero-order valence-electron chi connectivity index (χ0n) is 13.4. The number of ether oxygens (including phenoxy) is 1. The highest BCUT2D eigenvalue weighted by Crippen LogP contribution is 2.28. The molecule has 5 nitrogen and oxygen atoms in total. The molecule has 1 aromatic heterocycles. The van der Waals surface area contributed by atoms with Crippen molar-refractivity contribution >= 4 is 17.5 Å². The van der Waals surface area contributed by atoms with Crippen LogP contribution in [0, 0.1) is 5.82 Å². The first-order chi connectivity index (χ1) is 12.3. The van der Waals surface area contributed by atoms with Crippen LogP contribution in [0.2, 0.25) is 5.15 Å². The number of amides is 1. The van der Waals surface area contributed by atoms with E-state index < -0.39 is 30.2 Å². The van der Waals surface area contributed by atoms with Gasteiger partial charge in [0, 0.05) is 5.56 Å². The number of carbonyl (C=O) groups is 1. The van der Waals surface area contributed by atoms with Gasteiger partial charge in [-0.2, -0.15) is 0 Å². The Balaban J connectivity index is 1.96. The first-order valence-corrected chi connectivity index (χ1v) is 8.12. The van der Waals surface area contributed by atoms with E-state index in [0.29, 0.717) is 16.8 Å². The summed E-state index contributed by atoms with van der Waals surface area (Å²) in [7, 11) is 0. The van der Waals surface area contributed by atoms with Gasteiger partial charge in [0.15, 0.2) is 0 Å². The number of carbonyl (C=O) groups excluding carboxylic acids is 1. The predicted molar refractivity (Wildman–Crippen MR) is 89.6 cm³/mol. The van der Waals surface area contributed by atoms with Crippen LogP contribution in [-0.2, 0) is 4.74 Å². The number of alkyl halides is 2. The summed E-state index contributed by atoms with van der Waals surface area (Å²) in [4.78, 5) is 15.5. The molecule has 0 aliphatic carbocycles. The molecule has 1 fully saturated rings. The number of hydrogen-bond donors (Lipinski definition) is 2. The molecule has 1 amide bonds. The van der Waals surface area contributed by atoms with Crippen LogP contribution in [0.15, 0.2) is 30.3 Å². The summed E-state index contributed by atoms with van der Waals surface area (Å²) in [6.45, 7) is 0.110. The number of primary amides is 1. The number of hydrogen-bond acceptors (Lipinski definition) is 4. The predicted octanol–water partition coefficient (Wildman–Crippen LogP) is 2.93. The van der Waals surface area contributed by atoms with Crippen LogP contribution in [0.3, 0.4) is 0 Å². The molecule has 1 aliphatic heterocycles. The number of halogens is 4. The van der Waals surface area contributed by atoms with Gasteiger partial charge in [0.2, 0.25) is 0 Å². The van der Waals surface area contributed by atoms with Gasteiger partial charge in [-0.05, 0) is 35.9 Å². The molecule has 138 valence electrons. The molecule has 0 radical (unpaired) electrons. The van der Waals surface area contributed by atoms with Crippen molar-refractivity contribution in [2.24, 2.45) is 5.73 Å². The fraction of sp³-hybridized carbons (Fsp3) is 0.294. The highest BCUT2D eigenvalue weighted by molar-refractivity contribution is 6.29. The summed E-state index contributed by atoms with van der Waals surface area (Å²) >= 11 is 6.06. The first-order valence-electron chi connectivity index (χ1n) is 7.74. The highest BCUT2D eigenvalue weighted by Gasteiger charge is 2.29. The van der Waals surface area contributed by atoms with E-state index in [-0.39, 0.29) is 23.9 Å². The van der Waals surface area contributed by atoms with E-state index in [2.05, 4.69) is 10.3 Å². The van der Waals surface area contributed by atoms with Crippen molar-refractivity contribution in [2.75, 3.05) is 13.2 Å². The van der Waals surface area contributed by atoms with Crippen molar-refractivity contribution in [1.29, 1.82) is 0 Å². The third-order valence-corrected chi connectivity index (χ3v) is 4.24. The quantitative estimate of drug-likeness (QED) is 0.793. The van der Waals surface area contributed by atoms with Gasteiger partial charge >= 0.3 is 0 Å². The zero-order valence-corrected chi connectivity index (χ0v) is 14.1. The molecule has 3 rings (SSSR count). The van der Waals surface area contributed by atoms with Gasteiger partial charge in [-0.1, -0.05) is 11.6 Å². The van der Waals surface area contributed by atoms with Gasteiger partial charge in [-0.15, -0.1) is 0 Å². The maximum Gasteiger partial charge on any atom is 0.255 e. The van der Waals surface area contributed by atoms with E-state index in [9.17, 15) is 18.0 Å². The smallest absolute Gasteiger partial charge is 0.255 e. The van der Waals surface area contributed by atoms with E-state index in [1.54, 1.807) is 12.1 Å². The van der Waals surface area contributed by atoms with Crippen molar-refractivity contribution in [2.45, 2.75) is 18.5 Å². The number of nitrogens with two attached hydrogens (primary N) is 1. The average molecular weight is 386 g/mol. The summed E-state index contributed by atoms with van der Waals surface area (Å²) in [6, 6.07) is 5.38. The Morgan fingerprint density at radius 3 is 2.77 bits per heavy atom. The molecule has 2 heterocycles. The van der Waals surface area contributed by atoms with E-state index >= 15 is 0 Å². The van der Waals surface area contributed by atoms with Gasteiger partial charge in [0.25, 0.3) is 12.3 Å². The number of nitrogens with zero attached hydrogens (tertiary/aromatic N) is 1. The summed E-state index contributed by atoms with van der Waals surface area (Å²) in [6.07, 6.45) is -2.56. The lowest BCUT2D eigenvalue weighted by Gasteiger charge is -2.31. The zero-order chi connectivity index (χ0) is 18.8. The number of pyridine rings is 1. The van der Waals surface area contributed by atoms with Gasteiger partial charge in [0.1, 0.15) is 11.0 Å². The number of morpholine rings is 1. The Bertz CT molecular complexity index is 835. The average Bonchev–Trinajstić information content (AvgIpc) is 2.61. The molecule has 1 aliphatic rings. The molecule has 0 spiro atoms. The SMILES string of the molecule is NC(=O)c1cc(-c2cc([C@@H]3COC[C@@H](C(F)F)N3)cc(Cl)n2)ccc1F. The maximum atomic E-state index is 13.7. The van der Waals surface area contributed by atoms with E-state index in [4.69, 9.17) is 22.1 Å². The monoisotopic (exact) mass is 385 g/mol. The number of rotatable bonds is 4. The Morgan fingerprint density at radius 1 is 1.31 bits per heavy atom. The Hall–Kier alpha value is -2.16. The van der Waals surface area contributed by atoms with Crippen LogP contribution in [0.5, 0.6) is 0 Å². The molecule has 3 N–H and O–H groups in total. The van der Waals surface area contributed by atoms with Crippen molar-refractivity contribution in [3.63, 3.8) is 0 Å². The minimum Gasteiger partial charge on any atom is -0.378 e. The third-order valence-electron chi connectivity index (χ3n) is 4.05. The van der Waals surface area contributed by atoms with Crippen LogP contribution in [0.25, 0.3) is 11.3 Å². The second-order valence-electron chi connectivity index (χ2n) is 5.86. The largest absolute Gasteiger partial charge is 0.378 e. The van der Waals surface area contributed by atoms with Crippen molar-refractivity contribution in [3.8, 4) is 11.3 Å². The van der Waals surface area contributed by atoms with Crippen LogP contribution < -0.4 is 11.1 Å². The van der Waals surface area contributed by atoms with E-state index in [0.717, 1.165) is 6.07 Å². The first kappa shape index (κ1) is 18.6. The van der Waals surface area contributed by atoms with Gasteiger partial charge in [0.05, 0.1) is 36.6 Å². The summed E-state index contributed by atoms with van der Waals surface area (Å²) in [5.41, 5.74) is 6.26. The molecule has 0 unspecified atom stereocenters. The molecule has 1 aromatic carbocycles. The molecule has 1 saturated heterocycles. The van der Waals surface area contributed by atoms with Gasteiger partial charge < -0.3 is 10.5 Å². The second kappa shape index (κ2) is 7.61. The molecule has 2 atom stereocenters. The minimum atomic E-state index is -2.56. The standard InChI is InChI=1S/C17H15ClF3N3O2/c18-15-5-9(13-6-26-7-14(23-13)16(20)21)4-12(24-15)8-1-2-11(19)10(3-8)17(22)25/h1-5,13-14,16,23H,6-7H2,(H2,22,25)/t13-,14-/m0/s1. The fourth-order valence-corrected chi connectivity index (χ4v) is 2.96. The minimum absolute atomic E-state index is 0.0836. The number of benzene rings is 1. The normalized spacial score (nSPS) is 20.3. The molecule has 9 heteroatoms. The van der Waals surface area contributed by atoms with Crippen LogP contribution in [0.1, 0.15) is 22.0 Å². The Labute approximate surface area is 152 Å². The van der Waals surface area contributed by atoms with Crippen molar-refractivity contribution < 1.29 is 22.7 Å². The molecule has 0 saturated carbocycles. The highest BCUT2D eigenvalue weighted by atomic mass is 35.5. The number of aromatic nitrogens is 1. The fourth-order valence-electron chi connectivity index (χ4n) is 2.74. The van der Waals surface area contributed by atoms with E-state index in [1.165, 1.54) is 12.1 Å². The maximum absolute atomic E-state index is 13.7. The topological polar surface area (TPSA) is 77.2 Å². The van der Waals surface area contributed by atoms with Crippen LogP contribution in [0.4, 0.5) is 13.2 Å². The lowest BCUT2D eigenvalue weighted by atomic mass is 10.0. The lowest BCUT2D eigenvalue weighted by Crippen LogP contribution is -2.47. The molecule has 0 bridgehead atoms. The Kier molecular flexibility index (Phi) is 5.45. The van der Waals surface area contributed by atoms with E-state index in [1.807, 2.05) is 0 Å². The molecule has 26 heavy (non-hydrogen) atoms. The molecule has 2 aromatic rings. The Morgan fingerprint density at radius 2 is 2.08 bits per heavy atom. The lowest BCUT2D eigenvalue weighted by molar-refractivity contribution is -0.0176. The van der Waals surface area contributed by atoms with Crippen LogP contribution in [-0.4, -0.2) is 36.6 Å². The molecular formula is C17H15ClF3N3O2. The van der Waals surface area contributed by atoms with Gasteiger partial charge in [-0.3, -0.25) is 10.1 Å². The number of nitrogens with one attached hydrogen (secondary N) is 1. The van der Waals surface area contributed by atoms with Crippen LogP contribution >= 0.6 is 11.6 Å². The second-order valence-corrected chi connectivity index (χ2v) is 6.25. The van der Waals surface area contributed by atoms with Crippen molar-refractivity contribution in [1.82, 2.24) is 10.3 Å². The third kappa shape index (κ3) is 3.98.